The van der Waals surface area contributed by atoms with Gasteiger partial charge >= 0.3 is 0 Å². The maximum Gasteiger partial charge on any atom is 0.193 e. The van der Waals surface area contributed by atoms with E-state index < -0.39 is 8.32 Å². The van der Waals surface area contributed by atoms with Crippen LogP contribution in [0.15, 0.2) is 79.1 Å². The zero-order valence-corrected chi connectivity index (χ0v) is 19.8. The predicted octanol–water partition coefficient (Wildman–Crippen LogP) is 8.07. The van der Waals surface area contributed by atoms with Crippen molar-refractivity contribution in [2.24, 2.45) is 0 Å². The lowest BCUT2D eigenvalue weighted by atomic mass is 10.0. The summed E-state index contributed by atoms with van der Waals surface area (Å²) < 4.78 is 8.40. The molecule has 0 N–H and O–H groups in total. The van der Waals surface area contributed by atoms with Gasteiger partial charge in [-0.15, -0.1) is 11.3 Å². The molecule has 154 valence electrons. The lowest BCUT2D eigenvalue weighted by Gasteiger charge is -2.33. The highest BCUT2D eigenvalue weighted by Crippen LogP contribution is 2.40. The van der Waals surface area contributed by atoms with Gasteiger partial charge in [-0.3, -0.25) is 4.98 Å². The molecule has 0 amide bonds. The summed E-state index contributed by atoms with van der Waals surface area (Å²) >= 11 is 1.84. The first-order valence-corrected chi connectivity index (χ1v) is 14.2. The number of nitrogens with zero attached hydrogens (tertiary/aromatic N) is 1. The van der Waals surface area contributed by atoms with E-state index in [9.17, 15) is 0 Å². The van der Waals surface area contributed by atoms with Gasteiger partial charge in [0.25, 0.3) is 0 Å². The Hall–Kier alpha value is -2.27. The molecule has 4 heteroatoms. The number of pyridine rings is 1. The predicted molar refractivity (Wildman–Crippen MR) is 132 cm³/mol. The molecule has 0 saturated carbocycles. The number of aromatic nitrogens is 1. The van der Waals surface area contributed by atoms with Crippen LogP contribution in [0.2, 0.25) is 18.1 Å². The van der Waals surface area contributed by atoms with E-state index in [2.05, 4.69) is 86.4 Å². The smallest absolute Gasteiger partial charge is 0.193 e. The molecule has 4 aromatic rings. The minimum absolute atomic E-state index is 0.0647. The molecule has 2 aromatic carbocycles. The molecule has 2 nitrogen and oxygen atoms in total. The van der Waals surface area contributed by atoms with Crippen LogP contribution < -0.4 is 0 Å². The minimum Gasteiger partial charge on any atom is -0.405 e. The molecular weight excluding hydrogens is 402 g/mol. The Morgan fingerprint density at radius 1 is 0.833 bits per heavy atom. The quantitative estimate of drug-likeness (QED) is 0.263. The molecular formula is C26H29NOSSi. The van der Waals surface area contributed by atoms with Gasteiger partial charge in [-0.25, -0.2) is 0 Å². The van der Waals surface area contributed by atoms with E-state index >= 15 is 0 Å². The van der Waals surface area contributed by atoms with E-state index in [1.165, 1.54) is 20.5 Å². The van der Waals surface area contributed by atoms with Crippen LogP contribution in [0.3, 0.4) is 0 Å². The topological polar surface area (TPSA) is 22.1 Å². The second-order valence-corrected chi connectivity index (χ2v) is 13.6. The van der Waals surface area contributed by atoms with Crippen molar-refractivity contribution in [1.29, 1.82) is 0 Å². The molecule has 2 heterocycles. The summed E-state index contributed by atoms with van der Waals surface area (Å²) in [6, 6.07) is 27.0. The number of thiophene rings is 1. The summed E-state index contributed by atoms with van der Waals surface area (Å²) in [6.07, 6.45) is 3.87. The largest absolute Gasteiger partial charge is 0.405 e. The van der Waals surface area contributed by atoms with Crippen molar-refractivity contribution < 1.29 is 4.43 Å². The molecule has 0 radical (unpaired) electrons. The average Bonchev–Trinajstić information content (AvgIpc) is 3.25. The van der Waals surface area contributed by atoms with Crippen LogP contribution in [-0.4, -0.2) is 13.3 Å². The Morgan fingerprint density at radius 2 is 1.53 bits per heavy atom. The fourth-order valence-corrected chi connectivity index (χ4v) is 8.03. The first-order chi connectivity index (χ1) is 14.7. The molecule has 0 aliphatic carbocycles. The van der Waals surface area contributed by atoms with Gasteiger partial charge in [0.05, 0.1) is 0 Å². The van der Waals surface area contributed by atoms with Crippen LogP contribution in [0.25, 0.3) is 21.2 Å². The molecule has 0 bridgehead atoms. The number of rotatable bonds is 8. The Bertz CT molecular complexity index is 1060. The standard InChI is InChI=1S/C26H29NOSSi/c1-4-30(5-2,6-3)28-26(25-17-21-14-10-11-15-24(21)29-25)23-16-22(18-27-19-23)20-12-8-7-9-13-20/h7-19,26H,4-6H2,1-3H3. The molecule has 1 atom stereocenters. The summed E-state index contributed by atoms with van der Waals surface area (Å²) in [6.45, 7) is 6.87. The van der Waals surface area contributed by atoms with E-state index in [1.807, 2.05) is 29.8 Å². The second kappa shape index (κ2) is 9.25. The molecule has 0 aliphatic rings. The lowest BCUT2D eigenvalue weighted by molar-refractivity contribution is 0.233. The summed E-state index contributed by atoms with van der Waals surface area (Å²) in [5.41, 5.74) is 3.47. The highest BCUT2D eigenvalue weighted by Gasteiger charge is 2.34. The molecule has 4 rings (SSSR count). The highest BCUT2D eigenvalue weighted by molar-refractivity contribution is 7.19. The van der Waals surface area contributed by atoms with Gasteiger partial charge in [0.2, 0.25) is 0 Å². The van der Waals surface area contributed by atoms with Crippen molar-refractivity contribution in [3.8, 4) is 11.1 Å². The van der Waals surface area contributed by atoms with Crippen molar-refractivity contribution in [2.45, 2.75) is 45.0 Å². The number of benzene rings is 2. The molecule has 0 aliphatic heterocycles. The van der Waals surface area contributed by atoms with Crippen LogP contribution in [0.5, 0.6) is 0 Å². The molecule has 0 fully saturated rings. The SMILES string of the molecule is CC[Si](CC)(CC)OC(c1cncc(-c2ccccc2)c1)c1cc2ccccc2s1. The molecule has 1 unspecified atom stereocenters. The molecule has 0 spiro atoms. The Morgan fingerprint density at radius 3 is 2.23 bits per heavy atom. The van der Waals surface area contributed by atoms with Crippen LogP contribution >= 0.6 is 11.3 Å². The Balaban J connectivity index is 1.81. The number of hydrogen-bond acceptors (Lipinski definition) is 3. The zero-order chi connectivity index (χ0) is 21.0. The van der Waals surface area contributed by atoms with Gasteiger partial charge in [0, 0.05) is 33.1 Å². The van der Waals surface area contributed by atoms with Crippen molar-refractivity contribution >= 4 is 29.7 Å². The van der Waals surface area contributed by atoms with Crippen molar-refractivity contribution in [3.63, 3.8) is 0 Å². The zero-order valence-electron chi connectivity index (χ0n) is 18.0. The van der Waals surface area contributed by atoms with Gasteiger partial charge < -0.3 is 4.43 Å². The molecule has 2 aromatic heterocycles. The summed E-state index contributed by atoms with van der Waals surface area (Å²) in [5, 5.41) is 1.29. The van der Waals surface area contributed by atoms with E-state index in [-0.39, 0.29) is 6.10 Å². The highest BCUT2D eigenvalue weighted by atomic mass is 32.1. The second-order valence-electron chi connectivity index (χ2n) is 7.80. The van der Waals surface area contributed by atoms with Gasteiger partial charge in [0.1, 0.15) is 6.10 Å². The summed E-state index contributed by atoms with van der Waals surface area (Å²) in [7, 11) is -1.81. The molecule has 30 heavy (non-hydrogen) atoms. The van der Waals surface area contributed by atoms with Crippen molar-refractivity contribution in [2.75, 3.05) is 0 Å². The van der Waals surface area contributed by atoms with Gasteiger partial charge in [0.15, 0.2) is 8.32 Å². The van der Waals surface area contributed by atoms with Gasteiger partial charge in [-0.05, 0) is 47.3 Å². The lowest BCUT2D eigenvalue weighted by Crippen LogP contribution is -2.37. The maximum absolute atomic E-state index is 7.09. The third kappa shape index (κ3) is 4.27. The number of hydrogen-bond donors (Lipinski definition) is 0. The van der Waals surface area contributed by atoms with Gasteiger partial charge in [-0.2, -0.15) is 0 Å². The first kappa shape index (κ1) is 21.0. The summed E-state index contributed by atoms with van der Waals surface area (Å²) in [4.78, 5) is 5.88. The van der Waals surface area contributed by atoms with Crippen LogP contribution in [0, 0.1) is 0 Å². The normalized spacial score (nSPS) is 12.9. The maximum atomic E-state index is 7.09. The average molecular weight is 432 g/mol. The summed E-state index contributed by atoms with van der Waals surface area (Å²) in [5.74, 6) is 0. The number of fused-ring (bicyclic) bond motifs is 1. The Kier molecular flexibility index (Phi) is 6.47. The van der Waals surface area contributed by atoms with E-state index in [1.54, 1.807) is 0 Å². The van der Waals surface area contributed by atoms with E-state index in [0.29, 0.717) is 0 Å². The van der Waals surface area contributed by atoms with Crippen molar-refractivity contribution in [1.82, 2.24) is 4.98 Å². The fourth-order valence-electron chi connectivity index (χ4n) is 4.06. The monoisotopic (exact) mass is 431 g/mol. The van der Waals surface area contributed by atoms with E-state index in [0.717, 1.165) is 29.3 Å². The van der Waals surface area contributed by atoms with Crippen LogP contribution in [0.4, 0.5) is 0 Å². The molecule has 0 saturated heterocycles. The first-order valence-electron chi connectivity index (χ1n) is 10.8. The van der Waals surface area contributed by atoms with Crippen molar-refractivity contribution in [3.05, 3.63) is 89.6 Å². The van der Waals surface area contributed by atoms with Gasteiger partial charge in [-0.1, -0.05) is 69.3 Å². The van der Waals surface area contributed by atoms with Crippen LogP contribution in [0.1, 0.15) is 37.3 Å². The Labute approximate surface area is 184 Å². The minimum atomic E-state index is -1.81. The van der Waals surface area contributed by atoms with E-state index in [4.69, 9.17) is 4.43 Å². The fraction of sp³-hybridized carbons (Fsp3) is 0.269. The third-order valence-electron chi connectivity index (χ3n) is 6.17. The third-order valence-corrected chi connectivity index (χ3v) is 11.9. The van der Waals surface area contributed by atoms with Crippen LogP contribution in [-0.2, 0) is 4.43 Å².